The van der Waals surface area contributed by atoms with Crippen molar-refractivity contribution in [2.24, 2.45) is 5.41 Å². The summed E-state index contributed by atoms with van der Waals surface area (Å²) in [5.41, 5.74) is 3.60. The molecule has 1 fully saturated rings. The molecule has 0 aliphatic carbocycles. The van der Waals surface area contributed by atoms with Crippen molar-refractivity contribution in [2.75, 3.05) is 13.1 Å². The molecule has 4 amide bonds. The number of carbonyl (C=O) groups excluding carboxylic acids is 4. The van der Waals surface area contributed by atoms with Crippen LogP contribution in [-0.2, 0) is 19.1 Å². The Morgan fingerprint density at radius 3 is 2.28 bits per heavy atom. The first-order valence-electron chi connectivity index (χ1n) is 16.5. The Labute approximate surface area is 283 Å². The number of hydrogen-bond acceptors (Lipinski definition) is 8. The molecule has 1 aromatic heterocycles. The summed E-state index contributed by atoms with van der Waals surface area (Å²) in [7, 11) is 0. The highest BCUT2D eigenvalue weighted by molar-refractivity contribution is 7.13. The van der Waals surface area contributed by atoms with Crippen molar-refractivity contribution in [1.82, 2.24) is 25.8 Å². The number of likely N-dealkylation sites (tertiary alicyclic amines) is 1. The quantitative estimate of drug-likeness (QED) is 0.212. The standard InChI is InChI=1S/C35H53N5O6S/c1-22(24-14-16-25(17-15-24)29-23(2)37-21-47-29)38-31(43)27-19-26(41)20-40(27)32(44)30(34(3,4)5)39-28(42)13-11-9-10-12-18-36-33(45)46-35(6,7)8/h14-17,21-22,26-27,30,41H,9-13,18-20H2,1-8H3,(H,36,45)(H,38,43)(H,39,42)/t22-,26+,27-,30+/m0/s1. The molecule has 1 aliphatic heterocycles. The molecular weight excluding hydrogens is 618 g/mol. The van der Waals surface area contributed by atoms with E-state index in [1.165, 1.54) is 4.90 Å². The van der Waals surface area contributed by atoms with Crippen LogP contribution in [-0.4, -0.2) is 75.7 Å². The molecule has 4 atom stereocenters. The Kier molecular flexibility index (Phi) is 13.4. The maximum atomic E-state index is 13.9. The van der Waals surface area contributed by atoms with Crippen molar-refractivity contribution in [3.63, 3.8) is 0 Å². The lowest BCUT2D eigenvalue weighted by Crippen LogP contribution is -2.57. The molecule has 3 rings (SSSR count). The number of nitrogens with one attached hydrogen (secondary N) is 3. The Hall–Kier alpha value is -3.51. The lowest BCUT2D eigenvalue weighted by molar-refractivity contribution is -0.144. The van der Waals surface area contributed by atoms with Crippen LogP contribution in [0, 0.1) is 12.3 Å². The lowest BCUT2D eigenvalue weighted by Gasteiger charge is -2.35. The molecule has 4 N–H and O–H groups in total. The number of amides is 4. The van der Waals surface area contributed by atoms with E-state index in [2.05, 4.69) is 20.9 Å². The van der Waals surface area contributed by atoms with Crippen LogP contribution in [0.15, 0.2) is 29.8 Å². The molecule has 1 aromatic carbocycles. The van der Waals surface area contributed by atoms with Crippen LogP contribution >= 0.6 is 11.3 Å². The molecule has 0 spiro atoms. The molecule has 11 nitrogen and oxygen atoms in total. The van der Waals surface area contributed by atoms with Gasteiger partial charge >= 0.3 is 6.09 Å². The molecule has 2 heterocycles. The molecular formula is C35H53N5O6S. The largest absolute Gasteiger partial charge is 0.444 e. The van der Waals surface area contributed by atoms with E-state index < -0.39 is 35.3 Å². The fourth-order valence-corrected chi connectivity index (χ4v) is 6.33. The fraction of sp³-hybridized carbons (Fsp3) is 0.629. The van der Waals surface area contributed by atoms with Gasteiger partial charge in [-0.25, -0.2) is 9.78 Å². The zero-order chi connectivity index (χ0) is 34.9. The molecule has 1 saturated heterocycles. The van der Waals surface area contributed by atoms with E-state index in [1.54, 1.807) is 11.3 Å². The van der Waals surface area contributed by atoms with Crippen LogP contribution < -0.4 is 16.0 Å². The summed E-state index contributed by atoms with van der Waals surface area (Å²) in [5.74, 6) is -0.964. The minimum absolute atomic E-state index is 0.0218. The van der Waals surface area contributed by atoms with Crippen LogP contribution in [0.1, 0.15) is 104 Å². The Morgan fingerprint density at radius 2 is 1.68 bits per heavy atom. The summed E-state index contributed by atoms with van der Waals surface area (Å²) in [6.45, 7) is 15.4. The van der Waals surface area contributed by atoms with Gasteiger partial charge in [0, 0.05) is 25.9 Å². The molecule has 0 radical (unpaired) electrons. The Bertz CT molecular complexity index is 1360. The van der Waals surface area contributed by atoms with Gasteiger partial charge in [0.1, 0.15) is 17.7 Å². The number of carbonyl (C=O) groups is 4. The van der Waals surface area contributed by atoms with Gasteiger partial charge in [-0.3, -0.25) is 14.4 Å². The molecule has 47 heavy (non-hydrogen) atoms. The van der Waals surface area contributed by atoms with E-state index in [9.17, 15) is 24.3 Å². The van der Waals surface area contributed by atoms with Crippen LogP contribution in [0.25, 0.3) is 10.4 Å². The van der Waals surface area contributed by atoms with Gasteiger partial charge in [0.25, 0.3) is 0 Å². The molecule has 0 saturated carbocycles. The van der Waals surface area contributed by atoms with E-state index >= 15 is 0 Å². The van der Waals surface area contributed by atoms with E-state index in [4.69, 9.17) is 4.74 Å². The highest BCUT2D eigenvalue weighted by atomic mass is 32.1. The number of thiazole rings is 1. The fourth-order valence-electron chi connectivity index (χ4n) is 5.52. The predicted molar refractivity (Wildman–Crippen MR) is 184 cm³/mol. The number of alkyl carbamates (subject to hydrolysis) is 1. The third kappa shape index (κ3) is 11.6. The highest BCUT2D eigenvalue weighted by Crippen LogP contribution is 2.29. The number of aryl methyl sites for hydroxylation is 1. The van der Waals surface area contributed by atoms with E-state index in [0.717, 1.165) is 41.0 Å². The number of β-amino-alcohol motifs (C(OH)–C–C–N with tert-alkyl or cyclic N) is 1. The van der Waals surface area contributed by atoms with E-state index in [0.29, 0.717) is 13.0 Å². The normalized spacial score (nSPS) is 17.9. The van der Waals surface area contributed by atoms with E-state index in [-0.39, 0.29) is 43.1 Å². The first-order chi connectivity index (χ1) is 22.0. The molecule has 1 aliphatic rings. The van der Waals surface area contributed by atoms with E-state index in [1.807, 2.05) is 85.2 Å². The number of nitrogens with zero attached hydrogens (tertiary/aromatic N) is 2. The van der Waals surface area contributed by atoms with Gasteiger partial charge in [-0.15, -0.1) is 11.3 Å². The van der Waals surface area contributed by atoms with Gasteiger partial charge in [-0.1, -0.05) is 57.9 Å². The first-order valence-corrected chi connectivity index (χ1v) is 17.4. The molecule has 0 unspecified atom stereocenters. The second kappa shape index (κ2) is 16.5. The number of unbranched alkanes of at least 4 members (excludes halogenated alkanes) is 3. The summed E-state index contributed by atoms with van der Waals surface area (Å²) in [6.07, 6.45) is 2.13. The number of aromatic nitrogens is 1. The SMILES string of the molecule is Cc1ncsc1-c1ccc([C@H](C)NC(=O)[C@@H]2C[C@@H](O)CN2C(=O)[C@@H](NC(=O)CCCCCCNC(=O)OC(C)(C)C)C(C)(C)C)cc1. The second-order valence-corrected chi connectivity index (χ2v) is 15.3. The second-order valence-electron chi connectivity index (χ2n) is 14.5. The maximum Gasteiger partial charge on any atom is 0.407 e. The van der Waals surface area contributed by atoms with Gasteiger partial charge in [-0.2, -0.15) is 0 Å². The number of hydrogen-bond donors (Lipinski definition) is 4. The molecule has 0 bridgehead atoms. The summed E-state index contributed by atoms with van der Waals surface area (Å²) < 4.78 is 5.22. The van der Waals surface area contributed by atoms with Gasteiger partial charge < -0.3 is 30.7 Å². The minimum Gasteiger partial charge on any atom is -0.444 e. The average Bonchev–Trinajstić information content (AvgIpc) is 3.58. The number of aliphatic hydroxyl groups excluding tert-OH is 1. The van der Waals surface area contributed by atoms with Crippen molar-refractivity contribution < 1.29 is 29.0 Å². The zero-order valence-corrected chi connectivity index (χ0v) is 30.0. The number of benzene rings is 1. The summed E-state index contributed by atoms with van der Waals surface area (Å²) in [6, 6.07) is 5.92. The van der Waals surface area contributed by atoms with Gasteiger partial charge in [-0.05, 0) is 64.0 Å². The van der Waals surface area contributed by atoms with Crippen molar-refractivity contribution >= 4 is 35.2 Å². The molecule has 2 aromatic rings. The maximum absolute atomic E-state index is 13.9. The van der Waals surface area contributed by atoms with Crippen LogP contribution in [0.4, 0.5) is 4.79 Å². The van der Waals surface area contributed by atoms with Crippen LogP contribution in [0.5, 0.6) is 0 Å². The Balaban J connectivity index is 1.52. The van der Waals surface area contributed by atoms with Crippen molar-refractivity contribution in [3.8, 4) is 10.4 Å². The summed E-state index contributed by atoms with van der Waals surface area (Å²) in [4.78, 5) is 58.9. The number of rotatable bonds is 13. The van der Waals surface area contributed by atoms with Gasteiger partial charge in [0.2, 0.25) is 17.7 Å². The first kappa shape index (κ1) is 37.9. The minimum atomic E-state index is -0.867. The van der Waals surface area contributed by atoms with Crippen LogP contribution in [0.2, 0.25) is 0 Å². The third-order valence-electron chi connectivity index (χ3n) is 8.06. The van der Waals surface area contributed by atoms with Crippen LogP contribution in [0.3, 0.4) is 0 Å². The smallest absolute Gasteiger partial charge is 0.407 e. The van der Waals surface area contributed by atoms with Crippen molar-refractivity contribution in [2.45, 2.75) is 124 Å². The lowest BCUT2D eigenvalue weighted by atomic mass is 9.85. The Morgan fingerprint density at radius 1 is 1.02 bits per heavy atom. The highest BCUT2D eigenvalue weighted by Gasteiger charge is 2.44. The van der Waals surface area contributed by atoms with Gasteiger partial charge in [0.15, 0.2) is 0 Å². The number of ether oxygens (including phenoxy) is 1. The van der Waals surface area contributed by atoms with Gasteiger partial charge in [0.05, 0.1) is 28.2 Å². The monoisotopic (exact) mass is 671 g/mol. The predicted octanol–water partition coefficient (Wildman–Crippen LogP) is 5.26. The average molecular weight is 672 g/mol. The van der Waals surface area contributed by atoms with Crippen molar-refractivity contribution in [1.29, 1.82) is 0 Å². The summed E-state index contributed by atoms with van der Waals surface area (Å²) in [5, 5.41) is 19.2. The third-order valence-corrected chi connectivity index (χ3v) is 9.04. The zero-order valence-electron chi connectivity index (χ0n) is 29.1. The number of aliphatic hydroxyl groups is 1. The van der Waals surface area contributed by atoms with Crippen molar-refractivity contribution in [3.05, 3.63) is 41.0 Å². The molecule has 12 heteroatoms. The topological polar surface area (TPSA) is 150 Å². The summed E-state index contributed by atoms with van der Waals surface area (Å²) >= 11 is 1.58. The molecule has 260 valence electrons.